The Hall–Kier alpha value is -1.17. The summed E-state index contributed by atoms with van der Waals surface area (Å²) in [6.07, 6.45) is 0. The summed E-state index contributed by atoms with van der Waals surface area (Å²) in [4.78, 5) is -0.178. The van der Waals surface area contributed by atoms with Crippen molar-refractivity contribution in [1.82, 2.24) is 4.48 Å². The summed E-state index contributed by atoms with van der Waals surface area (Å²) in [7, 11) is 0.328. The molecule has 23 heavy (non-hydrogen) atoms. The molecule has 3 rings (SSSR count). The molecule has 0 atom stereocenters. The standard InChI is InChI=1S/C10H14NSe.C7H8O3S/c1-8-4-5-10-9(6-8)11(2,3)7-12-10;1-6-2-4-7(5-3-6)11(8,9)10/h4-6H,7H2,1-3H3;2-5H,1H3,(H,8,9,10)/q+1;/p-1. The minimum atomic E-state index is -4.27. The van der Waals surface area contributed by atoms with Crippen molar-refractivity contribution in [1.29, 1.82) is 0 Å². The molecule has 0 spiro atoms. The van der Waals surface area contributed by atoms with E-state index >= 15 is 0 Å². The number of benzene rings is 2. The van der Waals surface area contributed by atoms with Crippen molar-refractivity contribution in [3.63, 3.8) is 0 Å². The normalized spacial score (nSPS) is 15.5. The zero-order chi connectivity index (χ0) is 17.3. The molecule has 1 aliphatic rings. The van der Waals surface area contributed by atoms with Crippen molar-refractivity contribution >= 4 is 35.2 Å². The fraction of sp³-hybridized carbons (Fsp3) is 0.294. The van der Waals surface area contributed by atoms with Gasteiger partial charge in [0.1, 0.15) is 10.1 Å². The molecule has 0 amide bonds. The van der Waals surface area contributed by atoms with Gasteiger partial charge in [-0.15, -0.1) is 0 Å². The molecule has 0 saturated heterocycles. The number of aryl methyl sites for hydroxylation is 2. The van der Waals surface area contributed by atoms with Crippen molar-refractivity contribution in [3.8, 4) is 0 Å². The molecular formula is C17H21NO3SSe. The second-order valence-corrected chi connectivity index (χ2v) is 9.65. The molecule has 2 aromatic carbocycles. The van der Waals surface area contributed by atoms with Crippen LogP contribution in [0.2, 0.25) is 0 Å². The number of quaternary nitrogens is 1. The summed E-state index contributed by atoms with van der Waals surface area (Å²) < 4.78 is 33.8. The van der Waals surface area contributed by atoms with Crippen molar-refractivity contribution in [2.45, 2.75) is 18.7 Å². The predicted molar refractivity (Wildman–Crippen MR) is 94.2 cm³/mol. The summed E-state index contributed by atoms with van der Waals surface area (Å²) >= 11 is 0.701. The van der Waals surface area contributed by atoms with Crippen LogP contribution in [-0.4, -0.2) is 47.5 Å². The molecule has 0 saturated carbocycles. The van der Waals surface area contributed by atoms with E-state index in [1.54, 1.807) is 16.6 Å². The number of rotatable bonds is 1. The van der Waals surface area contributed by atoms with Crippen molar-refractivity contribution in [3.05, 3.63) is 53.6 Å². The van der Waals surface area contributed by atoms with E-state index in [1.165, 1.54) is 28.8 Å². The maximum atomic E-state index is 10.4. The van der Waals surface area contributed by atoms with E-state index in [1.807, 2.05) is 6.92 Å². The van der Waals surface area contributed by atoms with E-state index in [0.717, 1.165) is 10.0 Å². The Morgan fingerprint density at radius 1 is 1.00 bits per heavy atom. The monoisotopic (exact) mass is 399 g/mol. The van der Waals surface area contributed by atoms with E-state index in [0.29, 0.717) is 15.0 Å². The Labute approximate surface area is 144 Å². The maximum absolute atomic E-state index is 10.4. The molecule has 4 nitrogen and oxygen atoms in total. The van der Waals surface area contributed by atoms with Crippen LogP contribution in [0.4, 0.5) is 5.69 Å². The van der Waals surface area contributed by atoms with Gasteiger partial charge in [-0.1, -0.05) is 17.7 Å². The average molecular weight is 398 g/mol. The Balaban J connectivity index is 0.000000168. The molecule has 0 unspecified atom stereocenters. The minimum absolute atomic E-state index is 0.178. The van der Waals surface area contributed by atoms with Gasteiger partial charge in [0, 0.05) is 0 Å². The second-order valence-electron chi connectivity index (χ2n) is 6.20. The molecule has 0 aromatic heterocycles. The van der Waals surface area contributed by atoms with Gasteiger partial charge < -0.3 is 4.55 Å². The molecule has 0 bridgehead atoms. The number of hydrogen-bond donors (Lipinski definition) is 0. The topological polar surface area (TPSA) is 57.2 Å². The molecular weight excluding hydrogens is 377 g/mol. The van der Waals surface area contributed by atoms with Crippen LogP contribution in [0.25, 0.3) is 0 Å². The molecule has 0 radical (unpaired) electrons. The third kappa shape index (κ3) is 4.66. The van der Waals surface area contributed by atoms with Crippen LogP contribution in [0, 0.1) is 13.8 Å². The third-order valence-corrected chi connectivity index (χ3v) is 7.47. The van der Waals surface area contributed by atoms with Gasteiger partial charge in [0.05, 0.1) is 4.90 Å². The van der Waals surface area contributed by atoms with Gasteiger partial charge >= 0.3 is 79.8 Å². The summed E-state index contributed by atoms with van der Waals surface area (Å²) in [6, 6.07) is 12.7. The van der Waals surface area contributed by atoms with Crippen LogP contribution in [0.1, 0.15) is 11.1 Å². The Kier molecular flexibility index (Phi) is 5.33. The third-order valence-electron chi connectivity index (χ3n) is 3.62. The predicted octanol–water partition coefficient (Wildman–Crippen LogP) is 1.76. The Morgan fingerprint density at radius 2 is 1.57 bits per heavy atom. The first kappa shape index (κ1) is 18.2. The average Bonchev–Trinajstić information content (AvgIpc) is 2.75. The van der Waals surface area contributed by atoms with Gasteiger partial charge in [-0.3, -0.25) is 0 Å². The molecule has 1 aliphatic heterocycles. The van der Waals surface area contributed by atoms with E-state index < -0.39 is 10.1 Å². The van der Waals surface area contributed by atoms with Gasteiger partial charge in [0.2, 0.25) is 0 Å². The summed E-state index contributed by atoms with van der Waals surface area (Å²) in [5, 5.41) is 0. The van der Waals surface area contributed by atoms with Crippen molar-refractivity contribution in [2.75, 3.05) is 19.5 Å². The quantitative estimate of drug-likeness (QED) is 0.418. The first-order chi connectivity index (χ1) is 10.6. The van der Waals surface area contributed by atoms with Crippen LogP contribution in [0.5, 0.6) is 0 Å². The van der Waals surface area contributed by atoms with Crippen LogP contribution >= 0.6 is 0 Å². The zero-order valence-corrected chi connectivity index (χ0v) is 16.3. The zero-order valence-electron chi connectivity index (χ0n) is 13.7. The van der Waals surface area contributed by atoms with E-state index in [-0.39, 0.29) is 4.90 Å². The number of fused-ring (bicyclic) bond motifs is 1. The summed E-state index contributed by atoms with van der Waals surface area (Å²) in [6.45, 7) is 3.99. The van der Waals surface area contributed by atoms with Crippen molar-refractivity contribution in [2.24, 2.45) is 0 Å². The fourth-order valence-electron chi connectivity index (χ4n) is 2.23. The second kappa shape index (κ2) is 6.75. The molecule has 0 fully saturated rings. The SMILES string of the molecule is Cc1ccc(S(=O)(=O)[O-])cc1.Cc1ccc2c(c1)[N+](C)(C)C[Se]2. The van der Waals surface area contributed by atoms with E-state index in [4.69, 9.17) is 0 Å². The molecule has 1 heterocycles. The van der Waals surface area contributed by atoms with Gasteiger partial charge in [-0.05, 0) is 19.1 Å². The van der Waals surface area contributed by atoms with Crippen LogP contribution in [-0.2, 0) is 10.1 Å². The Morgan fingerprint density at radius 3 is 2.13 bits per heavy atom. The van der Waals surface area contributed by atoms with Gasteiger partial charge in [-0.25, -0.2) is 8.42 Å². The molecule has 124 valence electrons. The molecule has 0 aliphatic carbocycles. The van der Waals surface area contributed by atoms with Gasteiger partial charge in [-0.2, -0.15) is 0 Å². The Bertz CT molecular complexity index is 799. The van der Waals surface area contributed by atoms with Crippen LogP contribution in [0.15, 0.2) is 47.4 Å². The molecule has 0 N–H and O–H groups in total. The fourth-order valence-corrected chi connectivity index (χ4v) is 5.26. The van der Waals surface area contributed by atoms with Crippen molar-refractivity contribution < 1.29 is 13.0 Å². The van der Waals surface area contributed by atoms with Crippen LogP contribution < -0.4 is 8.94 Å². The van der Waals surface area contributed by atoms with E-state index in [2.05, 4.69) is 39.2 Å². The van der Waals surface area contributed by atoms with Gasteiger partial charge in [0.15, 0.2) is 0 Å². The first-order valence-corrected chi connectivity index (χ1v) is 10.7. The molecule has 6 heteroatoms. The van der Waals surface area contributed by atoms with E-state index in [9.17, 15) is 13.0 Å². The number of hydrogen-bond acceptors (Lipinski definition) is 3. The first-order valence-electron chi connectivity index (χ1n) is 7.19. The summed E-state index contributed by atoms with van der Waals surface area (Å²) in [5.41, 5.74) is 5.16. The van der Waals surface area contributed by atoms with Crippen LogP contribution in [0.3, 0.4) is 0 Å². The number of nitrogens with zero attached hydrogens (tertiary/aromatic N) is 1. The molecule has 2 aromatic rings. The summed E-state index contributed by atoms with van der Waals surface area (Å²) in [5.74, 6) is 0. The van der Waals surface area contributed by atoms with Gasteiger partial charge in [0.25, 0.3) is 0 Å².